The van der Waals surface area contributed by atoms with Crippen molar-refractivity contribution in [3.63, 3.8) is 0 Å². The standard InChI is InChI=1S/C60H49N/c1-5-13-44(14-6-1)48-21-23-51(24-22-48)53-35-39-57(40-36-53)61(56-37-33-52(34-38-56)47-19-11-4-12-20-47)58-41-42-59(54-29-25-49(26-30-54)45-15-7-2-8-16-45)60(43-58)55-31-27-50(28-32-55)46-17-9-3-10-18-46/h1-11,13-19,21-25,27-33,35-37,39-43,49H,12,20,26,34,38H2. The average Bonchev–Trinajstić information content (AvgIpc) is 3.36. The molecule has 1 nitrogen and oxygen atoms in total. The minimum absolute atomic E-state index is 0.384. The maximum Gasteiger partial charge on any atom is 0.0465 e. The van der Waals surface area contributed by atoms with Crippen LogP contribution >= 0.6 is 0 Å². The van der Waals surface area contributed by atoms with Crippen molar-refractivity contribution in [1.82, 2.24) is 0 Å². The van der Waals surface area contributed by atoms with Crippen molar-refractivity contribution in [2.75, 3.05) is 4.90 Å². The Morgan fingerprint density at radius 1 is 0.426 bits per heavy atom. The molecule has 10 rings (SSSR count). The van der Waals surface area contributed by atoms with Gasteiger partial charge in [0.25, 0.3) is 0 Å². The van der Waals surface area contributed by atoms with E-state index in [0.29, 0.717) is 5.92 Å². The van der Waals surface area contributed by atoms with E-state index in [-0.39, 0.29) is 0 Å². The first-order chi connectivity index (χ1) is 30.2. The molecule has 3 aliphatic carbocycles. The van der Waals surface area contributed by atoms with Crippen LogP contribution in [0.1, 0.15) is 49.1 Å². The molecule has 294 valence electrons. The lowest BCUT2D eigenvalue weighted by molar-refractivity contribution is 0.850. The molecule has 0 fully saturated rings. The summed E-state index contributed by atoms with van der Waals surface area (Å²) in [5.74, 6) is 0.384. The molecule has 0 spiro atoms. The second kappa shape index (κ2) is 17.6. The summed E-state index contributed by atoms with van der Waals surface area (Å²) in [7, 11) is 0. The van der Waals surface area contributed by atoms with Crippen molar-refractivity contribution >= 4 is 16.9 Å². The van der Waals surface area contributed by atoms with Gasteiger partial charge in [0.1, 0.15) is 0 Å². The maximum absolute atomic E-state index is 2.49. The lowest BCUT2D eigenvalue weighted by Crippen LogP contribution is -2.18. The zero-order chi connectivity index (χ0) is 40.8. The van der Waals surface area contributed by atoms with Gasteiger partial charge >= 0.3 is 0 Å². The van der Waals surface area contributed by atoms with Gasteiger partial charge in [-0.1, -0.05) is 200 Å². The van der Waals surface area contributed by atoms with E-state index in [4.69, 9.17) is 0 Å². The van der Waals surface area contributed by atoms with Gasteiger partial charge in [-0.15, -0.1) is 0 Å². The molecule has 0 aliphatic heterocycles. The SMILES string of the molecule is C1=CCCC(C2=CC=C(N(c3ccc(-c4ccc(-c5ccccc5)cc4)cc3)c3ccc(C4=CCC(c5ccccc5)C=C4)c(-c4ccc(-c5ccccc5)cc4)c3)CC2)=C1. The first-order valence-corrected chi connectivity index (χ1v) is 21.8. The van der Waals surface area contributed by atoms with Crippen molar-refractivity contribution in [3.8, 4) is 44.5 Å². The van der Waals surface area contributed by atoms with E-state index < -0.39 is 0 Å². The van der Waals surface area contributed by atoms with Gasteiger partial charge in [0.2, 0.25) is 0 Å². The van der Waals surface area contributed by atoms with Crippen LogP contribution < -0.4 is 4.90 Å². The Bertz CT molecular complexity index is 2820. The summed E-state index contributed by atoms with van der Waals surface area (Å²) in [4.78, 5) is 2.49. The maximum atomic E-state index is 2.49. The van der Waals surface area contributed by atoms with Gasteiger partial charge in [-0.25, -0.2) is 0 Å². The topological polar surface area (TPSA) is 3.24 Å². The van der Waals surface area contributed by atoms with E-state index in [0.717, 1.165) is 43.5 Å². The molecule has 0 aromatic heterocycles. The second-order valence-electron chi connectivity index (χ2n) is 16.3. The van der Waals surface area contributed by atoms with Crippen LogP contribution in [0.25, 0.3) is 50.1 Å². The highest BCUT2D eigenvalue weighted by Crippen LogP contribution is 2.42. The molecule has 0 N–H and O–H groups in total. The fourth-order valence-electron chi connectivity index (χ4n) is 9.12. The zero-order valence-corrected chi connectivity index (χ0v) is 34.5. The second-order valence-corrected chi connectivity index (χ2v) is 16.3. The van der Waals surface area contributed by atoms with Crippen LogP contribution in [-0.2, 0) is 0 Å². The molecule has 0 radical (unpaired) electrons. The number of rotatable bonds is 10. The summed E-state index contributed by atoms with van der Waals surface area (Å²) < 4.78 is 0. The molecule has 7 aromatic carbocycles. The summed E-state index contributed by atoms with van der Waals surface area (Å²) >= 11 is 0. The van der Waals surface area contributed by atoms with Gasteiger partial charge in [0.15, 0.2) is 0 Å². The van der Waals surface area contributed by atoms with Crippen molar-refractivity contribution in [3.05, 3.63) is 259 Å². The van der Waals surface area contributed by atoms with E-state index in [1.807, 2.05) is 0 Å². The Morgan fingerprint density at radius 2 is 0.967 bits per heavy atom. The van der Waals surface area contributed by atoms with Crippen LogP contribution in [0, 0.1) is 0 Å². The molecule has 0 saturated heterocycles. The number of nitrogens with zero attached hydrogens (tertiary/aromatic N) is 1. The normalized spacial score (nSPS) is 16.0. The van der Waals surface area contributed by atoms with Crippen molar-refractivity contribution in [2.24, 2.45) is 0 Å². The molecule has 1 atom stereocenters. The molecular weight excluding hydrogens is 735 g/mol. The summed E-state index contributed by atoms with van der Waals surface area (Å²) in [6.45, 7) is 0. The monoisotopic (exact) mass is 783 g/mol. The Hall–Kier alpha value is -7.22. The number of allylic oxidation sites excluding steroid dienone is 12. The van der Waals surface area contributed by atoms with Crippen LogP contribution in [0.15, 0.2) is 247 Å². The molecular formula is C60H49N. The highest BCUT2D eigenvalue weighted by atomic mass is 15.1. The fraction of sp³-hybridized carbons (Fsp3) is 0.100. The predicted molar refractivity (Wildman–Crippen MR) is 260 cm³/mol. The minimum Gasteiger partial charge on any atom is -0.314 e. The van der Waals surface area contributed by atoms with E-state index in [1.54, 1.807) is 0 Å². The molecule has 1 heteroatoms. The Morgan fingerprint density at radius 3 is 1.51 bits per heavy atom. The lowest BCUT2D eigenvalue weighted by Gasteiger charge is -2.31. The minimum atomic E-state index is 0.384. The van der Waals surface area contributed by atoms with E-state index >= 15 is 0 Å². The number of hydrogen-bond acceptors (Lipinski definition) is 1. The molecule has 1 unspecified atom stereocenters. The van der Waals surface area contributed by atoms with Crippen LogP contribution in [0.4, 0.5) is 11.4 Å². The Kier molecular flexibility index (Phi) is 10.9. The summed E-state index contributed by atoms with van der Waals surface area (Å²) in [5, 5.41) is 0. The van der Waals surface area contributed by atoms with Crippen LogP contribution in [0.2, 0.25) is 0 Å². The van der Waals surface area contributed by atoms with Crippen molar-refractivity contribution in [2.45, 2.75) is 38.0 Å². The largest absolute Gasteiger partial charge is 0.314 e. The molecule has 0 heterocycles. The summed E-state index contributed by atoms with van der Waals surface area (Å²) in [6, 6.07) is 66.5. The number of benzene rings is 7. The van der Waals surface area contributed by atoms with Gasteiger partial charge in [0, 0.05) is 23.0 Å². The zero-order valence-electron chi connectivity index (χ0n) is 34.5. The third kappa shape index (κ3) is 8.34. The van der Waals surface area contributed by atoms with Crippen molar-refractivity contribution < 1.29 is 0 Å². The molecule has 61 heavy (non-hydrogen) atoms. The van der Waals surface area contributed by atoms with E-state index in [2.05, 4.69) is 235 Å². The highest BCUT2D eigenvalue weighted by molar-refractivity contribution is 5.90. The van der Waals surface area contributed by atoms with Gasteiger partial charge in [-0.2, -0.15) is 0 Å². The Balaban J connectivity index is 1.04. The molecule has 0 bridgehead atoms. The molecule has 3 aliphatic rings. The van der Waals surface area contributed by atoms with E-state index in [9.17, 15) is 0 Å². The highest BCUT2D eigenvalue weighted by Gasteiger charge is 2.22. The first-order valence-electron chi connectivity index (χ1n) is 21.8. The van der Waals surface area contributed by atoms with Crippen molar-refractivity contribution in [1.29, 1.82) is 0 Å². The lowest BCUT2D eigenvalue weighted by atomic mass is 9.85. The summed E-state index contributed by atoms with van der Waals surface area (Å²) in [5.41, 5.74) is 20.2. The van der Waals surface area contributed by atoms with E-state index in [1.165, 1.54) is 78.1 Å². The third-order valence-corrected chi connectivity index (χ3v) is 12.5. The van der Waals surface area contributed by atoms with Gasteiger partial charge < -0.3 is 4.90 Å². The smallest absolute Gasteiger partial charge is 0.0465 e. The van der Waals surface area contributed by atoms with Gasteiger partial charge in [-0.05, 0) is 135 Å². The molecule has 0 saturated carbocycles. The quantitative estimate of drug-likeness (QED) is 0.134. The summed E-state index contributed by atoms with van der Waals surface area (Å²) in [6.07, 6.45) is 23.9. The fourth-order valence-corrected chi connectivity index (χ4v) is 9.12. The number of anilines is 2. The van der Waals surface area contributed by atoms with Gasteiger partial charge in [0.05, 0.1) is 0 Å². The van der Waals surface area contributed by atoms with Crippen LogP contribution in [0.5, 0.6) is 0 Å². The first kappa shape index (κ1) is 38.0. The van der Waals surface area contributed by atoms with Crippen LogP contribution in [-0.4, -0.2) is 0 Å². The van der Waals surface area contributed by atoms with Crippen LogP contribution in [0.3, 0.4) is 0 Å². The Labute approximate surface area is 361 Å². The number of hydrogen-bond donors (Lipinski definition) is 0. The predicted octanol–water partition coefficient (Wildman–Crippen LogP) is 16.5. The van der Waals surface area contributed by atoms with Gasteiger partial charge in [-0.3, -0.25) is 0 Å². The molecule has 0 amide bonds. The average molecular weight is 784 g/mol. The third-order valence-electron chi connectivity index (χ3n) is 12.5. The molecule has 7 aromatic rings.